The van der Waals surface area contributed by atoms with Crippen molar-refractivity contribution in [2.45, 2.75) is 56.8 Å². The maximum atomic E-state index is 12.9. The van der Waals surface area contributed by atoms with Crippen molar-refractivity contribution in [1.82, 2.24) is 4.72 Å². The normalized spacial score (nSPS) is 19.7. The van der Waals surface area contributed by atoms with Crippen LogP contribution in [0.15, 0.2) is 23.1 Å². The summed E-state index contributed by atoms with van der Waals surface area (Å²) in [5.74, 6) is -0.478. The molecule has 2 fully saturated rings. The van der Waals surface area contributed by atoms with Gasteiger partial charge in [-0.3, -0.25) is 9.59 Å². The van der Waals surface area contributed by atoms with Crippen molar-refractivity contribution in [2.24, 2.45) is 5.41 Å². The Morgan fingerprint density at radius 1 is 1.23 bits per heavy atom. The number of amides is 2. The topological polar surface area (TPSA) is 83.6 Å². The third kappa shape index (κ3) is 3.40. The number of imide groups is 1. The molecule has 1 saturated carbocycles. The number of benzene rings is 1. The molecule has 0 bridgehead atoms. The number of carbonyl (C=O) groups excluding carboxylic acids is 2. The highest BCUT2D eigenvalue weighted by Crippen LogP contribution is 2.48. The number of unbranched alkanes of at least 4 members (excludes halogenated alkanes) is 1. The summed E-state index contributed by atoms with van der Waals surface area (Å²) in [7, 11) is -3.67. The minimum atomic E-state index is -3.67. The van der Waals surface area contributed by atoms with Gasteiger partial charge in [0, 0.05) is 13.0 Å². The SMILES string of the molecule is CCCCNS(=O)(=O)c1ccc(N2C(=O)CC3(CCCC3)C2=O)c(Cl)c1. The summed E-state index contributed by atoms with van der Waals surface area (Å²) in [5.41, 5.74) is -0.328. The molecule has 1 N–H and O–H groups in total. The van der Waals surface area contributed by atoms with Crippen LogP contribution in [0, 0.1) is 5.41 Å². The van der Waals surface area contributed by atoms with E-state index in [0.29, 0.717) is 6.54 Å². The molecule has 1 aromatic rings. The molecule has 2 aliphatic rings. The molecule has 0 radical (unpaired) electrons. The minimum absolute atomic E-state index is 0.0250. The van der Waals surface area contributed by atoms with Crippen LogP contribution in [0.1, 0.15) is 51.9 Å². The Bertz CT molecular complexity index is 832. The predicted octanol–water partition coefficient (Wildman–Crippen LogP) is 3.24. The Morgan fingerprint density at radius 3 is 2.54 bits per heavy atom. The molecular weight excluding hydrogens is 376 g/mol. The van der Waals surface area contributed by atoms with Crippen LogP contribution in [0.5, 0.6) is 0 Å². The van der Waals surface area contributed by atoms with E-state index in [9.17, 15) is 18.0 Å². The molecule has 6 nitrogen and oxygen atoms in total. The Kier molecular flexibility index (Phi) is 5.42. The molecule has 142 valence electrons. The summed E-state index contributed by atoms with van der Waals surface area (Å²) >= 11 is 6.26. The van der Waals surface area contributed by atoms with Crippen LogP contribution in [-0.4, -0.2) is 26.8 Å². The number of rotatable bonds is 6. The van der Waals surface area contributed by atoms with Crippen LogP contribution in [0.25, 0.3) is 0 Å². The molecule has 1 aromatic carbocycles. The van der Waals surface area contributed by atoms with Crippen molar-refractivity contribution in [3.05, 3.63) is 23.2 Å². The summed E-state index contributed by atoms with van der Waals surface area (Å²) in [5, 5.41) is 0.0834. The molecule has 0 aromatic heterocycles. The van der Waals surface area contributed by atoms with Gasteiger partial charge in [0.25, 0.3) is 0 Å². The fourth-order valence-corrected chi connectivity index (χ4v) is 5.21. The smallest absolute Gasteiger partial charge is 0.240 e. The van der Waals surface area contributed by atoms with Crippen molar-refractivity contribution in [3.8, 4) is 0 Å². The largest absolute Gasteiger partial charge is 0.274 e. The molecule has 8 heteroatoms. The second kappa shape index (κ2) is 7.29. The maximum absolute atomic E-state index is 12.9. The number of nitrogens with zero attached hydrogens (tertiary/aromatic N) is 1. The number of anilines is 1. The van der Waals surface area contributed by atoms with Crippen LogP contribution in [0.2, 0.25) is 5.02 Å². The summed E-state index contributed by atoms with van der Waals surface area (Å²) in [6.07, 6.45) is 5.16. The van der Waals surface area contributed by atoms with Crippen LogP contribution in [0.3, 0.4) is 0 Å². The lowest BCUT2D eigenvalue weighted by Crippen LogP contribution is -2.34. The quantitative estimate of drug-likeness (QED) is 0.589. The number of carbonyl (C=O) groups is 2. The van der Waals surface area contributed by atoms with Crippen molar-refractivity contribution < 1.29 is 18.0 Å². The maximum Gasteiger partial charge on any atom is 0.240 e. The zero-order valence-electron chi connectivity index (χ0n) is 14.8. The molecule has 2 amide bonds. The van der Waals surface area contributed by atoms with Gasteiger partial charge in [0.1, 0.15) is 0 Å². The van der Waals surface area contributed by atoms with E-state index >= 15 is 0 Å². The zero-order valence-corrected chi connectivity index (χ0v) is 16.3. The van der Waals surface area contributed by atoms with Gasteiger partial charge in [-0.1, -0.05) is 37.8 Å². The lowest BCUT2D eigenvalue weighted by molar-refractivity contribution is -0.125. The fraction of sp³-hybridized carbons (Fsp3) is 0.556. The molecule has 0 atom stereocenters. The van der Waals surface area contributed by atoms with Gasteiger partial charge < -0.3 is 0 Å². The highest BCUT2D eigenvalue weighted by atomic mass is 35.5. The number of halogens is 1. The minimum Gasteiger partial charge on any atom is -0.274 e. The second-order valence-electron chi connectivity index (χ2n) is 7.06. The average molecular weight is 399 g/mol. The van der Waals surface area contributed by atoms with Crippen molar-refractivity contribution in [1.29, 1.82) is 0 Å². The number of hydrogen-bond donors (Lipinski definition) is 1. The monoisotopic (exact) mass is 398 g/mol. The molecule has 26 heavy (non-hydrogen) atoms. The molecule has 0 unspecified atom stereocenters. The van der Waals surface area contributed by atoms with Crippen LogP contribution in [0.4, 0.5) is 5.69 Å². The van der Waals surface area contributed by atoms with Gasteiger partial charge in [-0.25, -0.2) is 18.0 Å². The van der Waals surface area contributed by atoms with Crippen molar-refractivity contribution >= 4 is 39.1 Å². The molecule has 1 aliphatic heterocycles. The Hall–Kier alpha value is -1.44. The number of sulfonamides is 1. The zero-order chi connectivity index (χ0) is 18.9. The number of nitrogens with one attached hydrogen (secondary N) is 1. The molecule has 1 heterocycles. The summed E-state index contributed by atoms with van der Waals surface area (Å²) in [4.78, 5) is 26.5. The van der Waals surface area contributed by atoms with Gasteiger partial charge in [-0.2, -0.15) is 0 Å². The first kappa shape index (κ1) is 19.3. The van der Waals surface area contributed by atoms with Gasteiger partial charge in [0.2, 0.25) is 21.8 Å². The molecule has 3 rings (SSSR count). The first-order chi connectivity index (χ1) is 12.3. The van der Waals surface area contributed by atoms with E-state index in [-0.39, 0.29) is 33.8 Å². The Balaban J connectivity index is 1.86. The highest BCUT2D eigenvalue weighted by Gasteiger charge is 2.53. The van der Waals surface area contributed by atoms with Crippen molar-refractivity contribution in [2.75, 3.05) is 11.4 Å². The first-order valence-electron chi connectivity index (χ1n) is 8.97. The standard InChI is InChI=1S/C18H23ClN2O4S/c1-2-3-10-20-26(24,25)13-6-7-15(14(19)11-13)21-16(22)12-18(17(21)23)8-4-5-9-18/h6-7,11,20H,2-5,8-10,12H2,1H3. The summed E-state index contributed by atoms with van der Waals surface area (Å²) < 4.78 is 27.1. The Labute approximate surface area is 158 Å². The predicted molar refractivity (Wildman–Crippen MR) is 99.6 cm³/mol. The Morgan fingerprint density at radius 2 is 1.92 bits per heavy atom. The van der Waals surface area contributed by atoms with E-state index in [1.807, 2.05) is 6.92 Å². The molecule has 1 saturated heterocycles. The third-order valence-corrected chi connectivity index (χ3v) is 7.01. The van der Waals surface area contributed by atoms with E-state index in [2.05, 4.69) is 4.72 Å². The van der Waals surface area contributed by atoms with Crippen LogP contribution < -0.4 is 9.62 Å². The van der Waals surface area contributed by atoms with Gasteiger partial charge in [0.05, 0.1) is 21.0 Å². The third-order valence-electron chi connectivity index (χ3n) is 5.25. The number of hydrogen-bond acceptors (Lipinski definition) is 4. The van der Waals surface area contributed by atoms with E-state index < -0.39 is 15.4 Å². The van der Waals surface area contributed by atoms with Crippen LogP contribution >= 0.6 is 11.6 Å². The second-order valence-corrected chi connectivity index (χ2v) is 9.24. The molecular formula is C18H23ClN2O4S. The van der Waals surface area contributed by atoms with E-state index in [4.69, 9.17) is 11.6 Å². The van der Waals surface area contributed by atoms with Crippen molar-refractivity contribution in [3.63, 3.8) is 0 Å². The highest BCUT2D eigenvalue weighted by molar-refractivity contribution is 7.89. The molecule has 1 spiro atoms. The van der Waals surface area contributed by atoms with Gasteiger partial charge >= 0.3 is 0 Å². The van der Waals surface area contributed by atoms with Gasteiger partial charge in [0.15, 0.2) is 0 Å². The lowest BCUT2D eigenvalue weighted by Gasteiger charge is -2.21. The molecule has 1 aliphatic carbocycles. The average Bonchev–Trinajstić information content (AvgIpc) is 3.14. The van der Waals surface area contributed by atoms with Crippen LogP contribution in [-0.2, 0) is 19.6 Å². The first-order valence-corrected chi connectivity index (χ1v) is 10.8. The van der Waals surface area contributed by atoms with Gasteiger partial charge in [-0.15, -0.1) is 0 Å². The van der Waals surface area contributed by atoms with Gasteiger partial charge in [-0.05, 0) is 37.5 Å². The fourth-order valence-electron chi connectivity index (χ4n) is 3.78. The summed E-state index contributed by atoms with van der Waals surface area (Å²) in [6, 6.07) is 4.13. The summed E-state index contributed by atoms with van der Waals surface area (Å²) in [6.45, 7) is 2.32. The van der Waals surface area contributed by atoms with E-state index in [1.165, 1.54) is 18.2 Å². The van der Waals surface area contributed by atoms with E-state index in [0.717, 1.165) is 43.4 Å². The lowest BCUT2D eigenvalue weighted by atomic mass is 9.84. The van der Waals surface area contributed by atoms with E-state index in [1.54, 1.807) is 0 Å².